The maximum Gasteiger partial charge on any atom is 0.234 e. The zero-order chi connectivity index (χ0) is 18.2. The van der Waals surface area contributed by atoms with Gasteiger partial charge >= 0.3 is 0 Å². The number of anilines is 1. The molecule has 0 aromatic heterocycles. The molecule has 1 amide bonds. The van der Waals surface area contributed by atoms with Crippen LogP contribution in [0, 0.1) is 6.92 Å². The van der Waals surface area contributed by atoms with Crippen LogP contribution >= 0.6 is 0 Å². The third-order valence-electron chi connectivity index (χ3n) is 4.83. The Morgan fingerprint density at radius 2 is 1.84 bits per heavy atom. The van der Waals surface area contributed by atoms with E-state index in [1.807, 2.05) is 51.1 Å². The molecule has 2 aromatic rings. The number of carbonyl (C=O) groups excluding carboxylic acids is 1. The van der Waals surface area contributed by atoms with E-state index in [-0.39, 0.29) is 12.7 Å². The van der Waals surface area contributed by atoms with Gasteiger partial charge in [0, 0.05) is 5.69 Å². The molecule has 0 fully saturated rings. The van der Waals surface area contributed by atoms with Crippen LogP contribution in [-0.2, 0) is 10.2 Å². The van der Waals surface area contributed by atoms with E-state index >= 15 is 0 Å². The number of nitrogens with one attached hydrogen (secondary N) is 1. The van der Waals surface area contributed by atoms with E-state index in [1.165, 1.54) is 0 Å². The lowest BCUT2D eigenvalue weighted by Crippen LogP contribution is -2.35. The molecule has 132 valence electrons. The Bertz CT molecular complexity index is 809. The summed E-state index contributed by atoms with van der Waals surface area (Å²) in [5.74, 6) is 1.71. The Kier molecular flexibility index (Phi) is 4.46. The van der Waals surface area contributed by atoms with E-state index in [1.54, 1.807) is 0 Å². The van der Waals surface area contributed by atoms with Crippen molar-refractivity contribution in [1.29, 1.82) is 0 Å². The van der Waals surface area contributed by atoms with E-state index in [2.05, 4.69) is 25.2 Å². The number of rotatable bonds is 4. The van der Waals surface area contributed by atoms with Gasteiger partial charge in [0.15, 0.2) is 11.5 Å². The number of para-hydroxylation sites is 1. The van der Waals surface area contributed by atoms with Crippen LogP contribution in [0.15, 0.2) is 36.4 Å². The van der Waals surface area contributed by atoms with Crippen molar-refractivity contribution >= 4 is 11.6 Å². The predicted molar refractivity (Wildman–Crippen MR) is 99.5 cm³/mol. The zero-order valence-corrected chi connectivity index (χ0v) is 15.5. The standard InChI is InChI=1S/C21H25NO3/c1-13(2)16-8-6-7-14(3)19(16)22-20(23)21(4,5)15-9-10-17-18(11-15)25-12-24-17/h6-11,13H,12H2,1-5H3,(H,22,23). The summed E-state index contributed by atoms with van der Waals surface area (Å²) in [6.07, 6.45) is 0. The molecule has 0 saturated heterocycles. The first-order chi connectivity index (χ1) is 11.8. The van der Waals surface area contributed by atoms with Gasteiger partial charge in [-0.2, -0.15) is 0 Å². The molecule has 1 heterocycles. The fraction of sp³-hybridized carbons (Fsp3) is 0.381. The highest BCUT2D eigenvalue weighted by Crippen LogP contribution is 2.37. The number of fused-ring (bicyclic) bond motifs is 1. The number of aryl methyl sites for hydroxylation is 1. The highest BCUT2D eigenvalue weighted by Gasteiger charge is 2.32. The predicted octanol–water partition coefficient (Wildman–Crippen LogP) is 4.76. The second kappa shape index (κ2) is 6.43. The summed E-state index contributed by atoms with van der Waals surface area (Å²) < 4.78 is 10.8. The van der Waals surface area contributed by atoms with Crippen LogP contribution in [0.4, 0.5) is 5.69 Å². The molecule has 4 heteroatoms. The van der Waals surface area contributed by atoms with Gasteiger partial charge < -0.3 is 14.8 Å². The van der Waals surface area contributed by atoms with E-state index < -0.39 is 5.41 Å². The monoisotopic (exact) mass is 339 g/mol. The fourth-order valence-corrected chi connectivity index (χ4v) is 3.03. The molecule has 0 bridgehead atoms. The summed E-state index contributed by atoms with van der Waals surface area (Å²) in [7, 11) is 0. The minimum absolute atomic E-state index is 0.0393. The van der Waals surface area contributed by atoms with Crippen molar-refractivity contribution in [3.63, 3.8) is 0 Å². The van der Waals surface area contributed by atoms with Gasteiger partial charge in [0.2, 0.25) is 12.7 Å². The first-order valence-electron chi connectivity index (χ1n) is 8.62. The average Bonchev–Trinajstić information content (AvgIpc) is 3.03. The van der Waals surface area contributed by atoms with Crippen LogP contribution in [0.1, 0.15) is 50.3 Å². The summed E-state index contributed by atoms with van der Waals surface area (Å²) in [6.45, 7) is 10.4. The summed E-state index contributed by atoms with van der Waals surface area (Å²) in [6, 6.07) is 11.8. The van der Waals surface area contributed by atoms with Gasteiger partial charge in [-0.1, -0.05) is 38.1 Å². The average molecular weight is 339 g/mol. The third kappa shape index (κ3) is 3.21. The van der Waals surface area contributed by atoms with Gasteiger partial charge in [-0.05, 0) is 55.5 Å². The van der Waals surface area contributed by atoms with Crippen molar-refractivity contribution in [2.45, 2.75) is 46.0 Å². The van der Waals surface area contributed by atoms with Gasteiger partial charge in [0.05, 0.1) is 5.41 Å². The molecule has 3 rings (SSSR count). The van der Waals surface area contributed by atoms with Crippen LogP contribution in [-0.4, -0.2) is 12.7 Å². The molecule has 1 aliphatic rings. The van der Waals surface area contributed by atoms with Crippen molar-refractivity contribution < 1.29 is 14.3 Å². The molecule has 0 unspecified atom stereocenters. The molecule has 25 heavy (non-hydrogen) atoms. The van der Waals surface area contributed by atoms with Crippen LogP contribution in [0.3, 0.4) is 0 Å². The lowest BCUT2D eigenvalue weighted by molar-refractivity contribution is -0.120. The summed E-state index contributed by atoms with van der Waals surface area (Å²) >= 11 is 0. The van der Waals surface area contributed by atoms with Gasteiger partial charge in [-0.3, -0.25) is 4.79 Å². The van der Waals surface area contributed by atoms with Crippen LogP contribution < -0.4 is 14.8 Å². The Labute approximate surface area is 149 Å². The van der Waals surface area contributed by atoms with E-state index in [0.717, 1.165) is 28.1 Å². The first-order valence-corrected chi connectivity index (χ1v) is 8.62. The number of benzene rings is 2. The Balaban J connectivity index is 1.90. The Morgan fingerprint density at radius 1 is 1.12 bits per heavy atom. The largest absolute Gasteiger partial charge is 0.454 e. The van der Waals surface area contributed by atoms with Crippen molar-refractivity contribution in [1.82, 2.24) is 0 Å². The zero-order valence-electron chi connectivity index (χ0n) is 15.5. The quantitative estimate of drug-likeness (QED) is 0.873. The molecule has 1 N–H and O–H groups in total. The normalized spacial score (nSPS) is 13.2. The lowest BCUT2D eigenvalue weighted by atomic mass is 9.83. The van der Waals surface area contributed by atoms with E-state index in [9.17, 15) is 4.79 Å². The van der Waals surface area contributed by atoms with E-state index in [0.29, 0.717) is 11.7 Å². The van der Waals surface area contributed by atoms with Crippen molar-refractivity contribution in [2.75, 3.05) is 12.1 Å². The fourth-order valence-electron chi connectivity index (χ4n) is 3.03. The minimum Gasteiger partial charge on any atom is -0.454 e. The van der Waals surface area contributed by atoms with Crippen molar-refractivity contribution in [2.24, 2.45) is 0 Å². The van der Waals surface area contributed by atoms with E-state index in [4.69, 9.17) is 9.47 Å². The highest BCUT2D eigenvalue weighted by molar-refractivity contribution is 5.99. The molecule has 0 atom stereocenters. The van der Waals surface area contributed by atoms with Gasteiger partial charge in [0.25, 0.3) is 0 Å². The molecule has 0 saturated carbocycles. The van der Waals surface area contributed by atoms with Crippen molar-refractivity contribution in [3.05, 3.63) is 53.1 Å². The highest BCUT2D eigenvalue weighted by atomic mass is 16.7. The van der Waals surface area contributed by atoms with Gasteiger partial charge in [-0.25, -0.2) is 0 Å². The summed E-state index contributed by atoms with van der Waals surface area (Å²) in [4.78, 5) is 13.1. The number of carbonyl (C=O) groups is 1. The van der Waals surface area contributed by atoms with Crippen LogP contribution in [0.5, 0.6) is 11.5 Å². The second-order valence-corrected chi connectivity index (χ2v) is 7.34. The smallest absolute Gasteiger partial charge is 0.234 e. The molecule has 4 nitrogen and oxygen atoms in total. The third-order valence-corrected chi connectivity index (χ3v) is 4.83. The topological polar surface area (TPSA) is 47.6 Å². The lowest BCUT2D eigenvalue weighted by Gasteiger charge is -2.26. The number of ether oxygens (including phenoxy) is 2. The SMILES string of the molecule is Cc1cccc(C(C)C)c1NC(=O)C(C)(C)c1ccc2c(c1)OCO2. The molecular weight excluding hydrogens is 314 g/mol. The Hall–Kier alpha value is -2.49. The maximum atomic E-state index is 13.1. The molecule has 0 aliphatic carbocycles. The van der Waals surface area contributed by atoms with Crippen molar-refractivity contribution in [3.8, 4) is 11.5 Å². The van der Waals surface area contributed by atoms with Crippen LogP contribution in [0.2, 0.25) is 0 Å². The molecule has 0 radical (unpaired) electrons. The van der Waals surface area contributed by atoms with Crippen LogP contribution in [0.25, 0.3) is 0 Å². The number of hydrogen-bond acceptors (Lipinski definition) is 3. The second-order valence-electron chi connectivity index (χ2n) is 7.34. The molecule has 2 aromatic carbocycles. The Morgan fingerprint density at radius 3 is 2.56 bits per heavy atom. The van der Waals surface area contributed by atoms with Gasteiger partial charge in [-0.15, -0.1) is 0 Å². The molecule has 0 spiro atoms. The summed E-state index contributed by atoms with van der Waals surface area (Å²) in [5.41, 5.74) is 3.33. The summed E-state index contributed by atoms with van der Waals surface area (Å²) in [5, 5.41) is 3.16. The first kappa shape index (κ1) is 17.3. The maximum absolute atomic E-state index is 13.1. The minimum atomic E-state index is -0.697. The number of amides is 1. The molecular formula is C21H25NO3. The molecule has 1 aliphatic heterocycles. The van der Waals surface area contributed by atoms with Gasteiger partial charge in [0.1, 0.15) is 0 Å². The number of hydrogen-bond donors (Lipinski definition) is 1.